The number of aliphatic hydroxyl groups is 1. The molecule has 1 fully saturated rings. The van der Waals surface area contributed by atoms with Crippen LogP contribution in [-0.4, -0.2) is 54.9 Å². The molecule has 3 N–H and O–H groups in total. The first kappa shape index (κ1) is 18.5. The molecule has 1 aliphatic rings. The highest BCUT2D eigenvalue weighted by Crippen LogP contribution is 2.20. The van der Waals surface area contributed by atoms with E-state index in [0.29, 0.717) is 12.0 Å². The summed E-state index contributed by atoms with van der Waals surface area (Å²) < 4.78 is 5.38. The average Bonchev–Trinajstić information content (AvgIpc) is 3.17. The van der Waals surface area contributed by atoms with Gasteiger partial charge in [0, 0.05) is 41.4 Å². The van der Waals surface area contributed by atoms with Crippen molar-refractivity contribution >= 4 is 22.5 Å². The minimum atomic E-state index is -0.342. The smallest absolute Gasteiger partial charge is 0.251 e. The van der Waals surface area contributed by atoms with Gasteiger partial charge in [-0.05, 0) is 42.3 Å². The van der Waals surface area contributed by atoms with Gasteiger partial charge in [-0.15, -0.1) is 0 Å². The fourth-order valence-electron chi connectivity index (χ4n) is 3.64. The number of H-pyrrole nitrogens is 1. The molecule has 1 saturated heterocycles. The standard InChI is InChI=1S/C22H25N3O3/c26-15-18(13-17-14-23-21-4-2-1-3-20(17)21)24-22(27)16-5-7-19(8-6-16)25-9-11-28-12-10-25/h1-8,14,18,23,26H,9-13,15H2,(H,24,27). The van der Waals surface area contributed by atoms with Gasteiger partial charge in [0.25, 0.3) is 5.91 Å². The van der Waals surface area contributed by atoms with E-state index in [1.54, 1.807) is 0 Å². The molecule has 1 aromatic heterocycles. The summed E-state index contributed by atoms with van der Waals surface area (Å²) in [6.07, 6.45) is 2.51. The molecule has 1 amide bonds. The number of benzene rings is 2. The Morgan fingerprint density at radius 3 is 2.64 bits per heavy atom. The quantitative estimate of drug-likeness (QED) is 0.614. The van der Waals surface area contributed by atoms with Gasteiger partial charge >= 0.3 is 0 Å². The number of para-hydroxylation sites is 1. The minimum absolute atomic E-state index is 0.114. The summed E-state index contributed by atoms with van der Waals surface area (Å²) in [6, 6.07) is 15.3. The van der Waals surface area contributed by atoms with E-state index in [4.69, 9.17) is 4.74 Å². The summed E-state index contributed by atoms with van der Waals surface area (Å²) >= 11 is 0. The van der Waals surface area contributed by atoms with Crippen molar-refractivity contribution in [2.24, 2.45) is 0 Å². The van der Waals surface area contributed by atoms with Gasteiger partial charge in [-0.25, -0.2) is 0 Å². The normalized spacial score (nSPS) is 15.5. The summed E-state index contributed by atoms with van der Waals surface area (Å²) in [5.41, 5.74) is 3.82. The number of amides is 1. The van der Waals surface area contributed by atoms with Crippen molar-refractivity contribution in [3.8, 4) is 0 Å². The number of ether oxygens (including phenoxy) is 1. The van der Waals surface area contributed by atoms with Crippen molar-refractivity contribution in [1.29, 1.82) is 0 Å². The Balaban J connectivity index is 1.41. The SMILES string of the molecule is O=C(NC(CO)Cc1c[nH]c2ccccc12)c1ccc(N2CCOCC2)cc1. The van der Waals surface area contributed by atoms with Crippen molar-refractivity contribution in [2.45, 2.75) is 12.5 Å². The topological polar surface area (TPSA) is 77.6 Å². The summed E-state index contributed by atoms with van der Waals surface area (Å²) in [5, 5.41) is 13.8. The Hall–Kier alpha value is -2.83. The molecular weight excluding hydrogens is 354 g/mol. The predicted octanol–water partition coefficient (Wildman–Crippen LogP) is 2.34. The largest absolute Gasteiger partial charge is 0.394 e. The molecular formula is C22H25N3O3. The van der Waals surface area contributed by atoms with Gasteiger partial charge < -0.3 is 25.0 Å². The number of nitrogens with one attached hydrogen (secondary N) is 2. The summed E-state index contributed by atoms with van der Waals surface area (Å²) in [7, 11) is 0. The third-order valence-electron chi connectivity index (χ3n) is 5.20. The van der Waals surface area contributed by atoms with Crippen LogP contribution in [0.25, 0.3) is 10.9 Å². The first-order chi connectivity index (χ1) is 13.7. The molecule has 1 aliphatic heterocycles. The number of anilines is 1. The summed E-state index contributed by atoms with van der Waals surface area (Å²) in [6.45, 7) is 3.07. The molecule has 6 nitrogen and oxygen atoms in total. The maximum Gasteiger partial charge on any atom is 0.251 e. The maximum absolute atomic E-state index is 12.6. The van der Waals surface area contributed by atoms with E-state index >= 15 is 0 Å². The number of hydrogen-bond donors (Lipinski definition) is 3. The van der Waals surface area contributed by atoms with Crippen molar-refractivity contribution in [2.75, 3.05) is 37.8 Å². The zero-order chi connectivity index (χ0) is 19.3. The van der Waals surface area contributed by atoms with Crippen LogP contribution >= 0.6 is 0 Å². The van der Waals surface area contributed by atoms with Crippen LogP contribution in [0, 0.1) is 0 Å². The van der Waals surface area contributed by atoms with Crippen molar-refractivity contribution < 1.29 is 14.6 Å². The van der Waals surface area contributed by atoms with E-state index in [9.17, 15) is 9.90 Å². The molecule has 1 unspecified atom stereocenters. The number of hydrogen-bond acceptors (Lipinski definition) is 4. The number of carbonyl (C=O) groups excluding carboxylic acids is 1. The monoisotopic (exact) mass is 379 g/mol. The number of aliphatic hydroxyl groups excluding tert-OH is 1. The van der Waals surface area contributed by atoms with E-state index in [1.165, 1.54) is 0 Å². The zero-order valence-corrected chi connectivity index (χ0v) is 15.7. The van der Waals surface area contributed by atoms with Crippen molar-refractivity contribution in [3.63, 3.8) is 0 Å². The van der Waals surface area contributed by atoms with Gasteiger partial charge in [0.15, 0.2) is 0 Å². The fraction of sp³-hybridized carbons (Fsp3) is 0.318. The first-order valence-electron chi connectivity index (χ1n) is 9.64. The molecule has 1 atom stereocenters. The second-order valence-electron chi connectivity index (χ2n) is 7.06. The second kappa shape index (κ2) is 8.46. The predicted molar refractivity (Wildman–Crippen MR) is 110 cm³/mol. The number of carbonyl (C=O) groups is 1. The molecule has 146 valence electrons. The van der Waals surface area contributed by atoms with E-state index in [2.05, 4.69) is 15.2 Å². The van der Waals surface area contributed by atoms with Gasteiger partial charge in [0.2, 0.25) is 0 Å². The van der Waals surface area contributed by atoms with Gasteiger partial charge in [0.05, 0.1) is 25.9 Å². The fourth-order valence-corrected chi connectivity index (χ4v) is 3.64. The van der Waals surface area contributed by atoms with Crippen LogP contribution in [0.15, 0.2) is 54.7 Å². The molecule has 28 heavy (non-hydrogen) atoms. The maximum atomic E-state index is 12.6. The molecule has 0 radical (unpaired) electrons. The molecule has 0 bridgehead atoms. The highest BCUT2D eigenvalue weighted by molar-refractivity contribution is 5.94. The lowest BCUT2D eigenvalue weighted by Crippen LogP contribution is -2.39. The van der Waals surface area contributed by atoms with Crippen molar-refractivity contribution in [3.05, 3.63) is 65.9 Å². The van der Waals surface area contributed by atoms with E-state index in [1.807, 2.05) is 54.7 Å². The number of aromatic amines is 1. The number of rotatable bonds is 6. The Morgan fingerprint density at radius 1 is 1.14 bits per heavy atom. The van der Waals surface area contributed by atoms with Gasteiger partial charge in [-0.3, -0.25) is 4.79 Å². The van der Waals surface area contributed by atoms with Crippen LogP contribution in [0.4, 0.5) is 5.69 Å². The van der Waals surface area contributed by atoms with E-state index in [-0.39, 0.29) is 18.6 Å². The molecule has 6 heteroatoms. The van der Waals surface area contributed by atoms with Crippen molar-refractivity contribution in [1.82, 2.24) is 10.3 Å². The summed E-state index contributed by atoms with van der Waals surface area (Å²) in [4.78, 5) is 18.1. The van der Waals surface area contributed by atoms with Crippen LogP contribution in [0.3, 0.4) is 0 Å². The Labute approximate surface area is 164 Å². The Morgan fingerprint density at radius 2 is 1.89 bits per heavy atom. The van der Waals surface area contributed by atoms with Crippen LogP contribution in [0.2, 0.25) is 0 Å². The molecule has 0 aliphatic carbocycles. The Kier molecular flexibility index (Phi) is 5.60. The number of nitrogens with zero attached hydrogens (tertiary/aromatic N) is 1. The van der Waals surface area contributed by atoms with Crippen LogP contribution < -0.4 is 10.2 Å². The van der Waals surface area contributed by atoms with E-state index in [0.717, 1.165) is 48.5 Å². The van der Waals surface area contributed by atoms with Gasteiger partial charge in [-0.1, -0.05) is 18.2 Å². The minimum Gasteiger partial charge on any atom is -0.394 e. The first-order valence-corrected chi connectivity index (χ1v) is 9.64. The molecule has 2 heterocycles. The molecule has 0 spiro atoms. The zero-order valence-electron chi connectivity index (χ0n) is 15.7. The highest BCUT2D eigenvalue weighted by atomic mass is 16.5. The van der Waals surface area contributed by atoms with Crippen LogP contribution in [0.5, 0.6) is 0 Å². The lowest BCUT2D eigenvalue weighted by molar-refractivity contribution is 0.0916. The number of morpholine rings is 1. The van der Waals surface area contributed by atoms with E-state index < -0.39 is 0 Å². The molecule has 4 rings (SSSR count). The molecule has 0 saturated carbocycles. The number of fused-ring (bicyclic) bond motifs is 1. The number of aromatic nitrogens is 1. The van der Waals surface area contributed by atoms with Gasteiger partial charge in [0.1, 0.15) is 0 Å². The lowest BCUT2D eigenvalue weighted by atomic mass is 10.0. The third-order valence-corrected chi connectivity index (χ3v) is 5.20. The van der Waals surface area contributed by atoms with Crippen LogP contribution in [-0.2, 0) is 11.2 Å². The summed E-state index contributed by atoms with van der Waals surface area (Å²) in [5.74, 6) is -0.174. The molecule has 3 aromatic rings. The van der Waals surface area contributed by atoms with Gasteiger partial charge in [-0.2, -0.15) is 0 Å². The van der Waals surface area contributed by atoms with Crippen LogP contribution in [0.1, 0.15) is 15.9 Å². The highest BCUT2D eigenvalue weighted by Gasteiger charge is 2.17. The Bertz CT molecular complexity index is 930. The third kappa shape index (κ3) is 4.03. The second-order valence-corrected chi connectivity index (χ2v) is 7.06. The molecule has 2 aromatic carbocycles. The lowest BCUT2D eigenvalue weighted by Gasteiger charge is -2.28. The average molecular weight is 379 g/mol.